The highest BCUT2D eigenvalue weighted by Crippen LogP contribution is 2.36. The monoisotopic (exact) mass is 361 g/mol. The average molecular weight is 362 g/mol. The number of para-hydroxylation sites is 2. The van der Waals surface area contributed by atoms with Crippen LogP contribution in [0.25, 0.3) is 6.08 Å². The fourth-order valence-electron chi connectivity index (χ4n) is 2.92. The highest BCUT2D eigenvalue weighted by Gasteiger charge is 2.30. The van der Waals surface area contributed by atoms with Gasteiger partial charge in [0, 0.05) is 5.02 Å². The van der Waals surface area contributed by atoms with Crippen molar-refractivity contribution in [1.82, 2.24) is 0 Å². The van der Waals surface area contributed by atoms with Gasteiger partial charge in [-0.1, -0.05) is 72.3 Å². The first-order valence-electron chi connectivity index (χ1n) is 8.31. The van der Waals surface area contributed by atoms with Crippen LogP contribution in [-0.4, -0.2) is 5.91 Å². The number of benzene rings is 3. The van der Waals surface area contributed by atoms with Crippen molar-refractivity contribution >= 4 is 29.3 Å². The number of anilines is 1. The van der Waals surface area contributed by atoms with Crippen LogP contribution in [0.2, 0.25) is 5.02 Å². The largest absolute Gasteiger partial charge is 0.449 e. The van der Waals surface area contributed by atoms with E-state index in [1.54, 1.807) is 17.0 Å². The summed E-state index contributed by atoms with van der Waals surface area (Å²) in [5.74, 6) is 0.724. The Morgan fingerprint density at radius 2 is 1.58 bits per heavy atom. The van der Waals surface area contributed by atoms with Gasteiger partial charge in [0.2, 0.25) is 0 Å². The number of rotatable bonds is 3. The van der Waals surface area contributed by atoms with E-state index in [0.29, 0.717) is 17.3 Å². The van der Waals surface area contributed by atoms with Gasteiger partial charge >= 0.3 is 0 Å². The van der Waals surface area contributed by atoms with E-state index in [-0.39, 0.29) is 11.7 Å². The highest BCUT2D eigenvalue weighted by molar-refractivity contribution is 6.32. The van der Waals surface area contributed by atoms with E-state index in [0.717, 1.165) is 16.8 Å². The van der Waals surface area contributed by atoms with Crippen LogP contribution in [0, 0.1) is 0 Å². The minimum atomic E-state index is -0.188. The number of carbonyl (C=O) groups excluding carboxylic acids is 1. The first-order chi connectivity index (χ1) is 12.7. The molecule has 3 aromatic rings. The number of carbonyl (C=O) groups is 1. The van der Waals surface area contributed by atoms with Crippen LogP contribution in [0.4, 0.5) is 5.69 Å². The molecule has 0 fully saturated rings. The Hall–Kier alpha value is -3.04. The zero-order chi connectivity index (χ0) is 17.9. The predicted octanol–water partition coefficient (Wildman–Crippen LogP) is 5.31. The van der Waals surface area contributed by atoms with Gasteiger partial charge in [-0.25, -0.2) is 0 Å². The number of halogens is 1. The second kappa shape index (κ2) is 7.06. The molecule has 3 aromatic carbocycles. The van der Waals surface area contributed by atoms with Gasteiger partial charge in [-0.15, -0.1) is 0 Å². The molecule has 1 aliphatic heterocycles. The minimum absolute atomic E-state index is 0.188. The third kappa shape index (κ3) is 3.22. The van der Waals surface area contributed by atoms with E-state index < -0.39 is 0 Å². The van der Waals surface area contributed by atoms with Crippen molar-refractivity contribution in [2.75, 3.05) is 4.90 Å². The van der Waals surface area contributed by atoms with Gasteiger partial charge in [0.15, 0.2) is 11.5 Å². The van der Waals surface area contributed by atoms with Gasteiger partial charge in [0.05, 0.1) is 12.2 Å². The van der Waals surface area contributed by atoms with Crippen molar-refractivity contribution in [2.24, 2.45) is 0 Å². The molecule has 3 nitrogen and oxygen atoms in total. The molecule has 0 saturated heterocycles. The molecule has 0 N–H and O–H groups in total. The van der Waals surface area contributed by atoms with Gasteiger partial charge in [-0.05, 0) is 35.4 Å². The topological polar surface area (TPSA) is 29.5 Å². The van der Waals surface area contributed by atoms with Crippen molar-refractivity contribution < 1.29 is 9.53 Å². The van der Waals surface area contributed by atoms with Crippen LogP contribution in [-0.2, 0) is 11.3 Å². The first-order valence-corrected chi connectivity index (χ1v) is 8.69. The van der Waals surface area contributed by atoms with Crippen molar-refractivity contribution in [1.29, 1.82) is 0 Å². The number of hydrogen-bond acceptors (Lipinski definition) is 2. The fourth-order valence-corrected chi connectivity index (χ4v) is 3.11. The molecule has 0 atom stereocenters. The Kier molecular flexibility index (Phi) is 4.46. The lowest BCUT2D eigenvalue weighted by Crippen LogP contribution is -2.36. The third-order valence-electron chi connectivity index (χ3n) is 4.21. The van der Waals surface area contributed by atoms with Crippen LogP contribution >= 0.6 is 11.6 Å². The second-order valence-electron chi connectivity index (χ2n) is 5.98. The summed E-state index contributed by atoms with van der Waals surface area (Å²) >= 11 is 6.23. The summed E-state index contributed by atoms with van der Waals surface area (Å²) in [6.07, 6.45) is 1.69. The molecule has 128 valence electrons. The summed E-state index contributed by atoms with van der Waals surface area (Å²) in [4.78, 5) is 14.8. The van der Waals surface area contributed by atoms with E-state index in [2.05, 4.69) is 0 Å². The lowest BCUT2D eigenvalue weighted by Gasteiger charge is -2.30. The maximum Gasteiger partial charge on any atom is 0.294 e. The summed E-state index contributed by atoms with van der Waals surface area (Å²) in [7, 11) is 0. The van der Waals surface area contributed by atoms with Crippen molar-refractivity contribution in [3.05, 3.63) is 101 Å². The molecule has 0 aromatic heterocycles. The maximum atomic E-state index is 13.1. The van der Waals surface area contributed by atoms with Crippen LogP contribution in [0.3, 0.4) is 0 Å². The number of ether oxygens (including phenoxy) is 1. The van der Waals surface area contributed by atoms with Crippen LogP contribution in [0.1, 0.15) is 11.1 Å². The Bertz CT molecular complexity index is 982. The molecule has 0 aliphatic carbocycles. The van der Waals surface area contributed by atoms with Gasteiger partial charge < -0.3 is 4.74 Å². The van der Waals surface area contributed by atoms with Gasteiger partial charge in [0.25, 0.3) is 5.91 Å². The Balaban J connectivity index is 1.76. The summed E-state index contributed by atoms with van der Waals surface area (Å²) in [6.45, 7) is 0.472. The van der Waals surface area contributed by atoms with Crippen LogP contribution in [0.5, 0.6) is 5.75 Å². The van der Waals surface area contributed by atoms with E-state index >= 15 is 0 Å². The summed E-state index contributed by atoms with van der Waals surface area (Å²) in [6, 6.07) is 24.8. The van der Waals surface area contributed by atoms with Gasteiger partial charge in [0.1, 0.15) is 0 Å². The summed E-state index contributed by atoms with van der Waals surface area (Å²) < 4.78 is 5.88. The molecule has 1 heterocycles. The molecule has 1 amide bonds. The molecule has 0 spiro atoms. The fraction of sp³-hybridized carbons (Fsp3) is 0.0455. The molecule has 0 radical (unpaired) electrons. The van der Waals surface area contributed by atoms with E-state index in [9.17, 15) is 4.79 Å². The van der Waals surface area contributed by atoms with Crippen LogP contribution < -0.4 is 9.64 Å². The molecular weight excluding hydrogens is 346 g/mol. The first kappa shape index (κ1) is 16.4. The Morgan fingerprint density at radius 1 is 0.885 bits per heavy atom. The Labute approximate surface area is 157 Å². The number of hydrogen-bond donors (Lipinski definition) is 0. The van der Waals surface area contributed by atoms with Crippen molar-refractivity contribution in [2.45, 2.75) is 6.54 Å². The van der Waals surface area contributed by atoms with E-state index in [1.807, 2.05) is 72.8 Å². The van der Waals surface area contributed by atoms with Gasteiger partial charge in [-0.2, -0.15) is 0 Å². The standard InChI is InChI=1S/C22H16ClNO2/c23-18-11-5-4-10-17(18)14-21-22(25)24(15-16-8-2-1-3-9-16)19-12-6-7-13-20(19)26-21/h1-14H,15H2/b21-14-. The summed E-state index contributed by atoms with van der Waals surface area (Å²) in [5.41, 5.74) is 2.56. The molecule has 0 bridgehead atoms. The zero-order valence-corrected chi connectivity index (χ0v) is 14.7. The summed E-state index contributed by atoms with van der Waals surface area (Å²) in [5, 5.41) is 0.574. The lowest BCUT2D eigenvalue weighted by molar-refractivity contribution is -0.117. The quantitative estimate of drug-likeness (QED) is 0.592. The number of nitrogens with zero attached hydrogens (tertiary/aromatic N) is 1. The predicted molar refractivity (Wildman–Crippen MR) is 104 cm³/mol. The molecular formula is C22H16ClNO2. The lowest BCUT2D eigenvalue weighted by atomic mass is 10.1. The normalized spacial score (nSPS) is 14.9. The van der Waals surface area contributed by atoms with Gasteiger partial charge in [-0.3, -0.25) is 9.69 Å². The number of amides is 1. The SMILES string of the molecule is O=C1/C(=C/c2ccccc2Cl)Oc2ccccc2N1Cc1ccccc1. The van der Waals surface area contributed by atoms with Crippen molar-refractivity contribution in [3.8, 4) is 5.75 Å². The minimum Gasteiger partial charge on any atom is -0.449 e. The van der Waals surface area contributed by atoms with Crippen molar-refractivity contribution in [3.63, 3.8) is 0 Å². The third-order valence-corrected chi connectivity index (χ3v) is 4.55. The molecule has 26 heavy (non-hydrogen) atoms. The molecule has 0 unspecified atom stereocenters. The highest BCUT2D eigenvalue weighted by atomic mass is 35.5. The van der Waals surface area contributed by atoms with E-state index in [1.165, 1.54) is 0 Å². The molecule has 4 rings (SSSR count). The smallest absolute Gasteiger partial charge is 0.294 e. The van der Waals surface area contributed by atoms with Crippen LogP contribution in [0.15, 0.2) is 84.6 Å². The average Bonchev–Trinajstić information content (AvgIpc) is 2.67. The second-order valence-corrected chi connectivity index (χ2v) is 6.38. The van der Waals surface area contributed by atoms with E-state index in [4.69, 9.17) is 16.3 Å². The number of fused-ring (bicyclic) bond motifs is 1. The molecule has 1 aliphatic rings. The molecule has 4 heteroatoms. The maximum absolute atomic E-state index is 13.1. The Morgan fingerprint density at radius 3 is 2.38 bits per heavy atom. The molecule has 0 saturated carbocycles. The zero-order valence-electron chi connectivity index (χ0n) is 13.9.